The van der Waals surface area contributed by atoms with Crippen LogP contribution in [0.5, 0.6) is 0 Å². The number of rotatable bonds is 0. The zero-order valence-corrected chi connectivity index (χ0v) is 6.80. The average molecular weight is 179 g/mol. The SMILES string of the molecule is Cc1c(F)cc(Cl)cc1Cl. The molecule has 0 nitrogen and oxygen atoms in total. The van der Waals surface area contributed by atoms with Crippen LogP contribution in [0.15, 0.2) is 12.1 Å². The number of hydrogen-bond acceptors (Lipinski definition) is 0. The summed E-state index contributed by atoms with van der Waals surface area (Å²) < 4.78 is 12.7. The molecule has 1 aromatic rings. The van der Waals surface area contributed by atoms with E-state index >= 15 is 0 Å². The molecule has 0 atom stereocenters. The molecule has 0 radical (unpaired) electrons. The molecule has 1 rings (SSSR count). The van der Waals surface area contributed by atoms with Gasteiger partial charge in [-0.3, -0.25) is 0 Å². The molecule has 0 aliphatic heterocycles. The van der Waals surface area contributed by atoms with E-state index in [1.54, 1.807) is 6.92 Å². The van der Waals surface area contributed by atoms with Gasteiger partial charge in [-0.15, -0.1) is 0 Å². The molecule has 0 heterocycles. The van der Waals surface area contributed by atoms with Gasteiger partial charge in [0, 0.05) is 15.6 Å². The molecule has 0 N–H and O–H groups in total. The third-order valence-electron chi connectivity index (χ3n) is 1.25. The Labute approximate surface area is 68.6 Å². The van der Waals surface area contributed by atoms with Crippen LogP contribution < -0.4 is 0 Å². The van der Waals surface area contributed by atoms with E-state index in [1.165, 1.54) is 12.1 Å². The summed E-state index contributed by atoms with van der Waals surface area (Å²) in [4.78, 5) is 0. The molecular formula is C7H5Cl2F. The van der Waals surface area contributed by atoms with Gasteiger partial charge in [0.25, 0.3) is 0 Å². The zero-order chi connectivity index (χ0) is 7.72. The Hall–Kier alpha value is -0.270. The Bertz CT molecular complexity index is 235. The van der Waals surface area contributed by atoms with Crippen molar-refractivity contribution in [2.45, 2.75) is 6.92 Å². The van der Waals surface area contributed by atoms with E-state index in [-0.39, 0.29) is 5.82 Å². The lowest BCUT2D eigenvalue weighted by Crippen LogP contribution is -1.82. The summed E-state index contributed by atoms with van der Waals surface area (Å²) in [6.45, 7) is 1.61. The first-order valence-electron chi connectivity index (χ1n) is 2.72. The third kappa shape index (κ3) is 1.41. The highest BCUT2D eigenvalue weighted by molar-refractivity contribution is 6.35. The molecule has 0 aliphatic rings. The topological polar surface area (TPSA) is 0 Å². The largest absolute Gasteiger partial charge is 0.207 e. The standard InChI is InChI=1S/C7H5Cl2F/c1-4-6(9)2-5(8)3-7(4)10/h2-3H,1H3. The maximum Gasteiger partial charge on any atom is 0.129 e. The van der Waals surface area contributed by atoms with Crippen molar-refractivity contribution in [3.05, 3.63) is 33.6 Å². The van der Waals surface area contributed by atoms with E-state index in [9.17, 15) is 4.39 Å². The lowest BCUT2D eigenvalue weighted by atomic mass is 10.2. The summed E-state index contributed by atoms with van der Waals surface area (Å²) in [7, 11) is 0. The van der Waals surface area contributed by atoms with Gasteiger partial charge >= 0.3 is 0 Å². The minimum atomic E-state index is -0.363. The van der Waals surface area contributed by atoms with Crippen molar-refractivity contribution in [3.8, 4) is 0 Å². The molecule has 0 aromatic heterocycles. The Kier molecular flexibility index (Phi) is 2.17. The molecular weight excluding hydrogens is 174 g/mol. The third-order valence-corrected chi connectivity index (χ3v) is 1.86. The van der Waals surface area contributed by atoms with E-state index < -0.39 is 0 Å². The van der Waals surface area contributed by atoms with Crippen LogP contribution in [0, 0.1) is 12.7 Å². The van der Waals surface area contributed by atoms with Crippen LogP contribution in [0.1, 0.15) is 5.56 Å². The van der Waals surface area contributed by atoms with Gasteiger partial charge in [0.2, 0.25) is 0 Å². The Morgan fingerprint density at radius 2 is 1.90 bits per heavy atom. The minimum absolute atomic E-state index is 0.327. The number of benzene rings is 1. The van der Waals surface area contributed by atoms with Gasteiger partial charge < -0.3 is 0 Å². The molecule has 0 amide bonds. The Morgan fingerprint density at radius 3 is 2.40 bits per heavy atom. The van der Waals surface area contributed by atoms with Gasteiger partial charge in [-0.25, -0.2) is 4.39 Å². The smallest absolute Gasteiger partial charge is 0.129 e. The van der Waals surface area contributed by atoms with Crippen LogP contribution in [0.3, 0.4) is 0 Å². The highest BCUT2D eigenvalue weighted by atomic mass is 35.5. The van der Waals surface area contributed by atoms with E-state index in [1.807, 2.05) is 0 Å². The summed E-state index contributed by atoms with van der Waals surface area (Å²) in [5.41, 5.74) is 0.436. The van der Waals surface area contributed by atoms with Crippen molar-refractivity contribution in [3.63, 3.8) is 0 Å². The quantitative estimate of drug-likeness (QED) is 0.572. The fraction of sp³-hybridized carbons (Fsp3) is 0.143. The Balaban J connectivity index is 3.31. The summed E-state index contributed by atoms with van der Waals surface area (Å²) >= 11 is 11.1. The molecule has 0 saturated heterocycles. The lowest BCUT2D eigenvalue weighted by molar-refractivity contribution is 0.619. The second-order valence-electron chi connectivity index (χ2n) is 1.99. The van der Waals surface area contributed by atoms with Gasteiger partial charge in [0.1, 0.15) is 5.82 Å². The van der Waals surface area contributed by atoms with Gasteiger partial charge in [0.15, 0.2) is 0 Å². The van der Waals surface area contributed by atoms with Crippen LogP contribution in [-0.2, 0) is 0 Å². The first kappa shape index (κ1) is 7.83. The van der Waals surface area contributed by atoms with Gasteiger partial charge in [-0.1, -0.05) is 23.2 Å². The van der Waals surface area contributed by atoms with Crippen LogP contribution in [0.4, 0.5) is 4.39 Å². The molecule has 10 heavy (non-hydrogen) atoms. The monoisotopic (exact) mass is 178 g/mol. The van der Waals surface area contributed by atoms with Crippen molar-refractivity contribution in [2.75, 3.05) is 0 Å². The summed E-state index contributed by atoms with van der Waals surface area (Å²) in [6.07, 6.45) is 0. The van der Waals surface area contributed by atoms with E-state index in [4.69, 9.17) is 23.2 Å². The van der Waals surface area contributed by atoms with Crippen molar-refractivity contribution in [1.82, 2.24) is 0 Å². The Morgan fingerprint density at radius 1 is 1.30 bits per heavy atom. The molecule has 0 fully saturated rings. The number of halogens is 3. The first-order chi connectivity index (χ1) is 4.61. The highest BCUT2D eigenvalue weighted by Gasteiger charge is 2.02. The predicted molar refractivity (Wildman–Crippen MR) is 41.2 cm³/mol. The number of hydrogen-bond donors (Lipinski definition) is 0. The van der Waals surface area contributed by atoms with Gasteiger partial charge in [0.05, 0.1) is 0 Å². The molecule has 0 bridgehead atoms. The average Bonchev–Trinajstić information content (AvgIpc) is 1.82. The molecule has 1 aromatic carbocycles. The van der Waals surface area contributed by atoms with Crippen molar-refractivity contribution < 1.29 is 4.39 Å². The van der Waals surface area contributed by atoms with Crippen molar-refractivity contribution >= 4 is 23.2 Å². The molecule has 0 saturated carbocycles. The van der Waals surface area contributed by atoms with E-state index in [0.29, 0.717) is 15.6 Å². The molecule has 0 spiro atoms. The van der Waals surface area contributed by atoms with E-state index in [2.05, 4.69) is 0 Å². The fourth-order valence-electron chi connectivity index (χ4n) is 0.614. The highest BCUT2D eigenvalue weighted by Crippen LogP contribution is 2.22. The predicted octanol–water partition coefficient (Wildman–Crippen LogP) is 3.44. The maximum atomic E-state index is 12.7. The van der Waals surface area contributed by atoms with Crippen LogP contribution in [0.2, 0.25) is 10.0 Å². The summed E-state index contributed by atoms with van der Waals surface area (Å²) in [5, 5.41) is 0.693. The minimum Gasteiger partial charge on any atom is -0.207 e. The zero-order valence-electron chi connectivity index (χ0n) is 5.29. The van der Waals surface area contributed by atoms with Crippen molar-refractivity contribution in [1.29, 1.82) is 0 Å². The normalized spacial score (nSPS) is 10.0. The fourth-order valence-corrected chi connectivity index (χ4v) is 1.08. The first-order valence-corrected chi connectivity index (χ1v) is 3.48. The van der Waals surface area contributed by atoms with Crippen LogP contribution >= 0.6 is 23.2 Å². The lowest BCUT2D eigenvalue weighted by Gasteiger charge is -1.98. The van der Waals surface area contributed by atoms with Gasteiger partial charge in [-0.05, 0) is 19.1 Å². The van der Waals surface area contributed by atoms with Crippen LogP contribution in [0.25, 0.3) is 0 Å². The van der Waals surface area contributed by atoms with Crippen molar-refractivity contribution in [2.24, 2.45) is 0 Å². The maximum absolute atomic E-state index is 12.7. The second-order valence-corrected chi connectivity index (χ2v) is 2.84. The van der Waals surface area contributed by atoms with Crippen LogP contribution in [-0.4, -0.2) is 0 Å². The summed E-state index contributed by atoms with van der Waals surface area (Å²) in [6, 6.07) is 2.75. The molecule has 3 heteroatoms. The van der Waals surface area contributed by atoms with E-state index in [0.717, 1.165) is 0 Å². The second kappa shape index (κ2) is 2.77. The molecule has 54 valence electrons. The molecule has 0 unspecified atom stereocenters. The molecule has 0 aliphatic carbocycles. The van der Waals surface area contributed by atoms with Gasteiger partial charge in [-0.2, -0.15) is 0 Å². The summed E-state index contributed by atoms with van der Waals surface area (Å²) in [5.74, 6) is -0.363.